The standard InChI is InChI=1S/C19H23FN2O3/c20-16-6-2-1-5-15(16)12-8-14(9-12)21-18(25)22-10-13-4-3-7-19(13,11-22)17(23)24/h1-2,5-6,12-14H,3-4,7-11H2,(H,21,25)(H,23,24)/t12?,13-,14?,19+/m0/s1. The van der Waals surface area contributed by atoms with Gasteiger partial charge in [0.05, 0.1) is 5.41 Å². The van der Waals surface area contributed by atoms with E-state index in [1.54, 1.807) is 17.0 Å². The first kappa shape index (κ1) is 16.4. The molecule has 0 radical (unpaired) electrons. The number of likely N-dealkylation sites (tertiary alicyclic amines) is 1. The van der Waals surface area contributed by atoms with Gasteiger partial charge in [-0.3, -0.25) is 4.79 Å². The topological polar surface area (TPSA) is 69.6 Å². The van der Waals surface area contributed by atoms with Crippen LogP contribution in [-0.4, -0.2) is 41.1 Å². The van der Waals surface area contributed by atoms with Crippen LogP contribution in [0.15, 0.2) is 24.3 Å². The van der Waals surface area contributed by atoms with Gasteiger partial charge in [-0.1, -0.05) is 24.6 Å². The van der Waals surface area contributed by atoms with Gasteiger partial charge in [0.2, 0.25) is 0 Å². The van der Waals surface area contributed by atoms with Crippen LogP contribution in [0.25, 0.3) is 0 Å². The number of carboxylic acids is 1. The Labute approximate surface area is 146 Å². The van der Waals surface area contributed by atoms with Gasteiger partial charge in [0, 0.05) is 19.1 Å². The number of fused-ring (bicyclic) bond motifs is 1. The van der Waals surface area contributed by atoms with Gasteiger partial charge in [-0.05, 0) is 49.1 Å². The van der Waals surface area contributed by atoms with E-state index < -0.39 is 11.4 Å². The zero-order valence-corrected chi connectivity index (χ0v) is 14.1. The summed E-state index contributed by atoms with van der Waals surface area (Å²) in [5.74, 6) is -0.736. The van der Waals surface area contributed by atoms with Gasteiger partial charge in [0.15, 0.2) is 0 Å². The minimum absolute atomic E-state index is 0.0401. The zero-order valence-electron chi connectivity index (χ0n) is 14.1. The number of carbonyl (C=O) groups excluding carboxylic acids is 1. The predicted octanol–water partition coefficient (Wildman–Crippen LogP) is 2.97. The van der Waals surface area contributed by atoms with Gasteiger partial charge >= 0.3 is 12.0 Å². The van der Waals surface area contributed by atoms with Crippen molar-refractivity contribution < 1.29 is 19.1 Å². The number of carbonyl (C=O) groups is 2. The molecular weight excluding hydrogens is 323 g/mol. The third-order valence-electron chi connectivity index (χ3n) is 6.39. The molecule has 1 aliphatic heterocycles. The van der Waals surface area contributed by atoms with Crippen LogP contribution < -0.4 is 5.32 Å². The van der Waals surface area contributed by atoms with Gasteiger partial charge in [-0.25, -0.2) is 9.18 Å². The molecule has 5 nitrogen and oxygen atoms in total. The van der Waals surface area contributed by atoms with E-state index in [1.165, 1.54) is 6.07 Å². The number of hydrogen-bond acceptors (Lipinski definition) is 2. The van der Waals surface area contributed by atoms with Crippen molar-refractivity contribution in [2.45, 2.75) is 44.1 Å². The van der Waals surface area contributed by atoms with E-state index in [2.05, 4.69) is 5.32 Å². The maximum Gasteiger partial charge on any atom is 0.317 e. The summed E-state index contributed by atoms with van der Waals surface area (Å²) in [5.41, 5.74) is -0.0272. The van der Waals surface area contributed by atoms with Crippen molar-refractivity contribution in [3.05, 3.63) is 35.6 Å². The second-order valence-electron chi connectivity index (χ2n) is 7.77. The molecule has 2 N–H and O–H groups in total. The number of halogens is 1. The molecule has 2 atom stereocenters. The van der Waals surface area contributed by atoms with E-state index in [4.69, 9.17) is 0 Å². The van der Waals surface area contributed by atoms with Crippen LogP contribution in [0.1, 0.15) is 43.6 Å². The Morgan fingerprint density at radius 2 is 2.04 bits per heavy atom. The molecule has 25 heavy (non-hydrogen) atoms. The van der Waals surface area contributed by atoms with Crippen LogP contribution in [0, 0.1) is 17.2 Å². The van der Waals surface area contributed by atoms with Crippen LogP contribution >= 0.6 is 0 Å². The molecule has 0 aromatic heterocycles. The number of nitrogens with zero attached hydrogens (tertiary/aromatic N) is 1. The van der Waals surface area contributed by atoms with Crippen LogP contribution in [0.5, 0.6) is 0 Å². The van der Waals surface area contributed by atoms with Crippen molar-refractivity contribution in [3.8, 4) is 0 Å². The molecule has 2 aliphatic carbocycles. The van der Waals surface area contributed by atoms with Crippen molar-refractivity contribution in [2.75, 3.05) is 13.1 Å². The van der Waals surface area contributed by atoms with Crippen LogP contribution in [0.2, 0.25) is 0 Å². The molecule has 0 bridgehead atoms. The lowest BCUT2D eigenvalue weighted by atomic mass is 9.75. The zero-order chi connectivity index (χ0) is 17.6. The summed E-state index contributed by atoms with van der Waals surface area (Å²) < 4.78 is 13.8. The summed E-state index contributed by atoms with van der Waals surface area (Å²) >= 11 is 0. The molecular formula is C19H23FN2O3. The number of benzene rings is 1. The molecule has 1 saturated heterocycles. The van der Waals surface area contributed by atoms with Gasteiger partial charge in [-0.2, -0.15) is 0 Å². The van der Waals surface area contributed by atoms with E-state index in [-0.39, 0.29) is 29.7 Å². The summed E-state index contributed by atoms with van der Waals surface area (Å²) in [6.07, 6.45) is 3.94. The minimum Gasteiger partial charge on any atom is -0.481 e. The first-order valence-corrected chi connectivity index (χ1v) is 9.03. The van der Waals surface area contributed by atoms with E-state index >= 15 is 0 Å². The first-order chi connectivity index (χ1) is 12.0. The molecule has 3 aliphatic rings. The summed E-state index contributed by atoms with van der Waals surface area (Å²) in [6.45, 7) is 0.837. The molecule has 4 rings (SSSR count). The monoisotopic (exact) mass is 346 g/mol. The normalized spacial score (nSPS) is 33.6. The average Bonchev–Trinajstić information content (AvgIpc) is 3.09. The SMILES string of the molecule is O=C(NC1CC(c2ccccc2F)C1)N1C[C@@H]2CCC[C@@]2(C(=O)O)C1. The van der Waals surface area contributed by atoms with Crippen molar-refractivity contribution in [1.82, 2.24) is 10.2 Å². The second kappa shape index (κ2) is 6.00. The smallest absolute Gasteiger partial charge is 0.317 e. The Morgan fingerprint density at radius 1 is 1.28 bits per heavy atom. The molecule has 1 aromatic carbocycles. The predicted molar refractivity (Wildman–Crippen MR) is 89.7 cm³/mol. The Morgan fingerprint density at radius 3 is 2.72 bits per heavy atom. The van der Waals surface area contributed by atoms with Crippen LogP contribution in [0.3, 0.4) is 0 Å². The fourth-order valence-electron chi connectivity index (χ4n) is 4.86. The first-order valence-electron chi connectivity index (χ1n) is 9.03. The molecule has 2 amide bonds. The van der Waals surface area contributed by atoms with E-state index in [9.17, 15) is 19.1 Å². The van der Waals surface area contributed by atoms with Crippen molar-refractivity contribution in [2.24, 2.45) is 11.3 Å². The minimum atomic E-state index is -0.770. The largest absolute Gasteiger partial charge is 0.481 e. The molecule has 3 fully saturated rings. The average molecular weight is 346 g/mol. The molecule has 2 saturated carbocycles. The lowest BCUT2D eigenvalue weighted by Gasteiger charge is -2.37. The van der Waals surface area contributed by atoms with Crippen molar-refractivity contribution in [3.63, 3.8) is 0 Å². The maximum atomic E-state index is 13.8. The number of rotatable bonds is 3. The molecule has 0 spiro atoms. The fraction of sp³-hybridized carbons (Fsp3) is 0.579. The highest BCUT2D eigenvalue weighted by atomic mass is 19.1. The van der Waals surface area contributed by atoms with Crippen molar-refractivity contribution >= 4 is 12.0 Å². The molecule has 6 heteroatoms. The summed E-state index contributed by atoms with van der Waals surface area (Å²) in [5, 5.41) is 12.6. The lowest BCUT2D eigenvalue weighted by Crippen LogP contribution is -2.49. The van der Waals surface area contributed by atoms with Crippen LogP contribution in [-0.2, 0) is 4.79 Å². The number of urea groups is 1. The van der Waals surface area contributed by atoms with Crippen LogP contribution in [0.4, 0.5) is 9.18 Å². The van der Waals surface area contributed by atoms with Gasteiger partial charge < -0.3 is 15.3 Å². The van der Waals surface area contributed by atoms with Gasteiger partial charge in [0.1, 0.15) is 5.82 Å². The summed E-state index contributed by atoms with van der Waals surface area (Å²) in [6, 6.07) is 6.65. The number of hydrogen-bond donors (Lipinski definition) is 2. The molecule has 1 aromatic rings. The number of aliphatic carboxylic acids is 1. The fourth-order valence-corrected chi connectivity index (χ4v) is 4.86. The number of carboxylic acid groups (broad SMARTS) is 1. The quantitative estimate of drug-likeness (QED) is 0.884. The molecule has 1 heterocycles. The summed E-state index contributed by atoms with van der Waals surface area (Å²) in [7, 11) is 0. The Balaban J connectivity index is 1.33. The Kier molecular flexibility index (Phi) is 3.93. The van der Waals surface area contributed by atoms with Gasteiger partial charge in [-0.15, -0.1) is 0 Å². The van der Waals surface area contributed by atoms with E-state index in [0.717, 1.165) is 25.7 Å². The van der Waals surface area contributed by atoms with Crippen molar-refractivity contribution in [1.29, 1.82) is 0 Å². The summed E-state index contributed by atoms with van der Waals surface area (Å²) in [4.78, 5) is 25.9. The third-order valence-corrected chi connectivity index (χ3v) is 6.39. The third kappa shape index (κ3) is 2.68. The second-order valence-corrected chi connectivity index (χ2v) is 7.77. The Bertz CT molecular complexity index is 704. The van der Waals surface area contributed by atoms with E-state index in [1.807, 2.05) is 6.07 Å². The highest BCUT2D eigenvalue weighted by molar-refractivity contribution is 5.80. The van der Waals surface area contributed by atoms with E-state index in [0.29, 0.717) is 25.1 Å². The molecule has 134 valence electrons. The lowest BCUT2D eigenvalue weighted by molar-refractivity contribution is -0.149. The Hall–Kier alpha value is -2.11. The number of nitrogens with one attached hydrogen (secondary N) is 1. The highest BCUT2D eigenvalue weighted by Crippen LogP contribution is 2.49. The number of amides is 2. The molecule has 0 unspecified atom stereocenters. The highest BCUT2D eigenvalue weighted by Gasteiger charge is 2.56. The maximum absolute atomic E-state index is 13.8. The van der Waals surface area contributed by atoms with Gasteiger partial charge in [0.25, 0.3) is 0 Å².